The van der Waals surface area contributed by atoms with Crippen LogP contribution in [0.1, 0.15) is 6.92 Å². The normalized spacial score (nSPS) is 19.3. The van der Waals surface area contributed by atoms with Crippen LogP contribution in [0, 0.1) is 0 Å². The molecule has 0 aromatic carbocycles. The summed E-state index contributed by atoms with van der Waals surface area (Å²) in [5, 5.41) is 0. The van der Waals surface area contributed by atoms with Crippen LogP contribution in [0.15, 0.2) is 0 Å². The van der Waals surface area contributed by atoms with Gasteiger partial charge in [-0.2, -0.15) is 11.1 Å². The van der Waals surface area contributed by atoms with Crippen LogP contribution in [0.4, 0.5) is 0 Å². The maximum atomic E-state index is 6.08. The Bertz CT molecular complexity index is 47.7. The molecule has 0 saturated heterocycles. The molecule has 0 aliphatic rings. The third-order valence-electron chi connectivity index (χ3n) is 1.47. The predicted molar refractivity (Wildman–Crippen MR) is 42.7 cm³/mol. The molecule has 0 amide bonds. The quantitative estimate of drug-likeness (QED) is 0.412. The van der Waals surface area contributed by atoms with Crippen molar-refractivity contribution in [2.24, 2.45) is 0 Å². The first-order valence-corrected chi connectivity index (χ1v) is 8.15. The van der Waals surface area contributed by atoms with Gasteiger partial charge in [0.15, 0.2) is 0 Å². The summed E-state index contributed by atoms with van der Waals surface area (Å²) < 4.78 is 0. The van der Waals surface area contributed by atoms with E-state index in [2.05, 4.69) is 13.5 Å². The SMILES string of the molecule is CC[Si](C)(Cl)C[SiH3]. The van der Waals surface area contributed by atoms with Crippen molar-refractivity contribution in [2.45, 2.75) is 25.2 Å². The van der Waals surface area contributed by atoms with Crippen LogP contribution < -0.4 is 0 Å². The molecule has 0 N–H and O–H groups in total. The van der Waals surface area contributed by atoms with Crippen molar-refractivity contribution < 1.29 is 0 Å². The number of hydrogen-bond acceptors (Lipinski definition) is 0. The standard InChI is InChI=1S/C4H13ClSi2/c1-3-7(2,5)4-6/h3-4H2,1-2,6H3. The number of rotatable bonds is 2. The predicted octanol–water partition coefficient (Wildman–Crippen LogP) is 1.14. The van der Waals surface area contributed by atoms with E-state index in [4.69, 9.17) is 11.1 Å². The first-order valence-electron chi connectivity index (χ1n) is 2.81. The lowest BCUT2D eigenvalue weighted by Gasteiger charge is -2.11. The molecule has 1 atom stereocenters. The van der Waals surface area contributed by atoms with Crippen LogP contribution in [-0.4, -0.2) is 17.6 Å². The largest absolute Gasteiger partial charge is 0.168 e. The van der Waals surface area contributed by atoms with Gasteiger partial charge < -0.3 is 0 Å². The lowest BCUT2D eigenvalue weighted by Crippen LogP contribution is -2.19. The van der Waals surface area contributed by atoms with Crippen LogP contribution >= 0.6 is 11.1 Å². The van der Waals surface area contributed by atoms with E-state index in [9.17, 15) is 0 Å². The van der Waals surface area contributed by atoms with Crippen molar-refractivity contribution in [3.8, 4) is 0 Å². The van der Waals surface area contributed by atoms with E-state index < -0.39 is 7.38 Å². The van der Waals surface area contributed by atoms with Crippen LogP contribution in [0.3, 0.4) is 0 Å². The second-order valence-corrected chi connectivity index (χ2v) is 11.2. The van der Waals surface area contributed by atoms with Crippen LogP contribution in [0.25, 0.3) is 0 Å². The smallest absolute Gasteiger partial charge is 0.149 e. The third-order valence-corrected chi connectivity index (χ3v) is 12.1. The molecule has 0 bridgehead atoms. The van der Waals surface area contributed by atoms with E-state index in [0.717, 1.165) is 0 Å². The summed E-state index contributed by atoms with van der Waals surface area (Å²) in [6.45, 7) is 4.43. The summed E-state index contributed by atoms with van der Waals surface area (Å²) in [5.41, 5.74) is 1.34. The fourth-order valence-electron chi connectivity index (χ4n) is 0.250. The minimum absolute atomic E-state index is 1.12. The Morgan fingerprint density at radius 2 is 2.14 bits per heavy atom. The van der Waals surface area contributed by atoms with Gasteiger partial charge in [0.05, 0.1) is 0 Å². The van der Waals surface area contributed by atoms with E-state index in [1.807, 2.05) is 0 Å². The Morgan fingerprint density at radius 1 is 1.71 bits per heavy atom. The molecular formula is C4H13ClSi2. The van der Waals surface area contributed by atoms with Crippen molar-refractivity contribution in [1.82, 2.24) is 0 Å². The highest BCUT2D eigenvalue weighted by Crippen LogP contribution is 2.16. The van der Waals surface area contributed by atoms with Gasteiger partial charge in [0, 0.05) is 10.2 Å². The second-order valence-electron chi connectivity index (χ2n) is 2.12. The van der Waals surface area contributed by atoms with Crippen molar-refractivity contribution >= 4 is 28.7 Å². The maximum Gasteiger partial charge on any atom is 0.149 e. The van der Waals surface area contributed by atoms with Crippen molar-refractivity contribution in [3.05, 3.63) is 0 Å². The van der Waals surface area contributed by atoms with E-state index >= 15 is 0 Å². The van der Waals surface area contributed by atoms with Gasteiger partial charge in [0.1, 0.15) is 7.38 Å². The van der Waals surface area contributed by atoms with Gasteiger partial charge in [0.25, 0.3) is 0 Å². The van der Waals surface area contributed by atoms with Gasteiger partial charge in [-0.05, 0) is 6.04 Å². The van der Waals surface area contributed by atoms with Gasteiger partial charge in [-0.15, -0.1) is 0 Å². The molecule has 44 valence electrons. The fraction of sp³-hybridized carbons (Fsp3) is 1.00. The van der Waals surface area contributed by atoms with Crippen molar-refractivity contribution in [2.75, 3.05) is 0 Å². The first-order chi connectivity index (χ1) is 3.12. The third kappa shape index (κ3) is 3.32. The summed E-state index contributed by atoms with van der Waals surface area (Å²) >= 11 is 6.08. The zero-order valence-electron chi connectivity index (χ0n) is 5.29. The van der Waals surface area contributed by atoms with Gasteiger partial charge in [-0.25, -0.2) is 0 Å². The molecule has 0 rings (SSSR count). The van der Waals surface area contributed by atoms with E-state index in [1.54, 1.807) is 0 Å². The van der Waals surface area contributed by atoms with Crippen molar-refractivity contribution in [1.29, 1.82) is 0 Å². The minimum Gasteiger partial charge on any atom is -0.168 e. The molecule has 0 fully saturated rings. The van der Waals surface area contributed by atoms with Gasteiger partial charge in [-0.3, -0.25) is 0 Å². The zero-order valence-corrected chi connectivity index (χ0v) is 9.05. The van der Waals surface area contributed by atoms with E-state index in [-0.39, 0.29) is 0 Å². The molecule has 0 aliphatic carbocycles. The van der Waals surface area contributed by atoms with E-state index in [0.29, 0.717) is 0 Å². The molecule has 0 radical (unpaired) electrons. The highest BCUT2D eigenvalue weighted by molar-refractivity contribution is 7.21. The topological polar surface area (TPSA) is 0 Å². The molecule has 0 spiro atoms. The van der Waals surface area contributed by atoms with Crippen molar-refractivity contribution in [3.63, 3.8) is 0 Å². The Kier molecular flexibility index (Phi) is 3.19. The highest BCUT2D eigenvalue weighted by atomic mass is 35.6. The molecule has 0 nitrogen and oxygen atoms in total. The van der Waals surface area contributed by atoms with E-state index in [1.165, 1.54) is 22.0 Å². The summed E-state index contributed by atoms with van der Waals surface area (Å²) in [6, 6.07) is 1.23. The molecule has 1 unspecified atom stereocenters. The average molecular weight is 153 g/mol. The molecule has 0 aromatic heterocycles. The molecular weight excluding hydrogens is 140 g/mol. The number of halogens is 1. The Morgan fingerprint density at radius 3 is 2.14 bits per heavy atom. The fourth-order valence-corrected chi connectivity index (χ4v) is 2.25. The summed E-state index contributed by atoms with van der Waals surface area (Å²) in [6.07, 6.45) is 0. The van der Waals surface area contributed by atoms with Crippen LogP contribution in [0.5, 0.6) is 0 Å². The summed E-state index contributed by atoms with van der Waals surface area (Å²) in [5.74, 6) is 0. The average Bonchev–Trinajstić information content (AvgIpc) is 1.68. The summed E-state index contributed by atoms with van der Waals surface area (Å²) in [7, 11) is 0.170. The zero-order chi connectivity index (χ0) is 5.91. The lowest BCUT2D eigenvalue weighted by atomic mass is 11.0. The maximum absolute atomic E-state index is 6.08. The second kappa shape index (κ2) is 2.89. The molecule has 3 heteroatoms. The van der Waals surface area contributed by atoms with Gasteiger partial charge >= 0.3 is 0 Å². The Balaban J connectivity index is 3.36. The summed E-state index contributed by atoms with van der Waals surface area (Å²) in [4.78, 5) is 0. The highest BCUT2D eigenvalue weighted by Gasteiger charge is 2.17. The van der Waals surface area contributed by atoms with Gasteiger partial charge in [0.2, 0.25) is 0 Å². The molecule has 0 heterocycles. The minimum atomic E-state index is -1.12. The monoisotopic (exact) mass is 152 g/mol. The first kappa shape index (κ1) is 7.72. The van der Waals surface area contributed by atoms with Gasteiger partial charge in [-0.1, -0.05) is 19.1 Å². The molecule has 0 saturated carbocycles. The molecule has 0 aromatic rings. The van der Waals surface area contributed by atoms with Crippen LogP contribution in [0.2, 0.25) is 18.3 Å². The molecule has 0 aliphatic heterocycles. The lowest BCUT2D eigenvalue weighted by molar-refractivity contribution is 1.39. The Labute approximate surface area is 54.4 Å². The van der Waals surface area contributed by atoms with Crippen LogP contribution in [-0.2, 0) is 0 Å². The Hall–Kier alpha value is 0.724. The number of hydrogen-bond donors (Lipinski definition) is 0. The molecule has 7 heavy (non-hydrogen) atoms.